The van der Waals surface area contributed by atoms with Gasteiger partial charge in [0.2, 0.25) is 0 Å². The minimum absolute atomic E-state index is 0.0116. The number of allylic oxidation sites excluding steroid dienone is 1. The summed E-state index contributed by atoms with van der Waals surface area (Å²) in [5, 5.41) is 0. The molecule has 1 aliphatic heterocycles. The van der Waals surface area contributed by atoms with Gasteiger partial charge in [-0.1, -0.05) is 54.5 Å². The van der Waals surface area contributed by atoms with Crippen molar-refractivity contribution in [2.45, 2.75) is 125 Å². The lowest BCUT2D eigenvalue weighted by molar-refractivity contribution is -0.244. The first-order valence-corrected chi connectivity index (χ1v) is 14.7. The lowest BCUT2D eigenvalue weighted by Crippen LogP contribution is -2.70. The van der Waals surface area contributed by atoms with E-state index >= 15 is 0 Å². The SMILES string of the molecule is CC(=O)O[C@@H]1CC[C@]2(C)[C@H]3C=C[C@]45OC(=O)[C@@]6(CCC(C)(C)C[C@H]64)CC[C@@]5(C)[C@]3(C)CC[C@H]2C1(C)C. The maximum atomic E-state index is 13.7. The molecule has 0 amide bonds. The lowest BCUT2D eigenvalue weighted by atomic mass is 9.32. The zero-order valence-electron chi connectivity index (χ0n) is 24.0. The van der Waals surface area contributed by atoms with Crippen LogP contribution >= 0.6 is 0 Å². The normalized spacial score (nSPS) is 53.8. The second-order valence-corrected chi connectivity index (χ2v) is 15.9. The minimum atomic E-state index is -0.473. The van der Waals surface area contributed by atoms with Crippen LogP contribution in [0, 0.1) is 50.2 Å². The summed E-state index contributed by atoms with van der Waals surface area (Å²) < 4.78 is 12.6. The van der Waals surface area contributed by atoms with Gasteiger partial charge in [-0.05, 0) is 91.9 Å². The number of ether oxygens (including phenoxy) is 2. The smallest absolute Gasteiger partial charge is 0.313 e. The van der Waals surface area contributed by atoms with E-state index in [0.29, 0.717) is 11.8 Å². The van der Waals surface area contributed by atoms with Crippen molar-refractivity contribution >= 4 is 11.9 Å². The molecule has 6 rings (SSSR count). The number of fused-ring (bicyclic) bond motifs is 4. The fourth-order valence-corrected chi connectivity index (χ4v) is 11.5. The molecule has 0 aromatic rings. The first kappa shape index (κ1) is 25.0. The Labute approximate surface area is 218 Å². The third-order valence-electron chi connectivity index (χ3n) is 13.7. The van der Waals surface area contributed by atoms with E-state index in [1.54, 1.807) is 6.92 Å². The van der Waals surface area contributed by atoms with Crippen molar-refractivity contribution in [3.63, 3.8) is 0 Å². The van der Waals surface area contributed by atoms with Gasteiger partial charge in [0.25, 0.3) is 0 Å². The van der Waals surface area contributed by atoms with E-state index in [4.69, 9.17) is 9.47 Å². The molecule has 2 bridgehead atoms. The van der Waals surface area contributed by atoms with Crippen LogP contribution < -0.4 is 0 Å². The highest BCUT2D eigenvalue weighted by molar-refractivity contribution is 5.82. The van der Waals surface area contributed by atoms with E-state index in [1.807, 2.05) is 0 Å². The predicted octanol–water partition coefficient (Wildman–Crippen LogP) is 7.26. The van der Waals surface area contributed by atoms with Gasteiger partial charge in [0, 0.05) is 23.7 Å². The van der Waals surface area contributed by atoms with Gasteiger partial charge in [-0.3, -0.25) is 9.59 Å². The van der Waals surface area contributed by atoms with E-state index < -0.39 is 5.60 Å². The van der Waals surface area contributed by atoms with Crippen LogP contribution in [0.15, 0.2) is 12.2 Å². The van der Waals surface area contributed by atoms with Gasteiger partial charge in [0.1, 0.15) is 11.7 Å². The van der Waals surface area contributed by atoms with Gasteiger partial charge in [-0.25, -0.2) is 0 Å². The first-order chi connectivity index (χ1) is 16.6. The third-order valence-corrected chi connectivity index (χ3v) is 13.7. The minimum Gasteiger partial charge on any atom is -0.462 e. The molecule has 0 aromatic heterocycles. The molecule has 0 N–H and O–H groups in total. The number of hydrogen-bond donors (Lipinski definition) is 0. The van der Waals surface area contributed by atoms with Crippen molar-refractivity contribution in [2.75, 3.05) is 0 Å². The summed E-state index contributed by atoms with van der Waals surface area (Å²) in [5.41, 5.74) is -0.418. The summed E-state index contributed by atoms with van der Waals surface area (Å²) in [5.74, 6) is 1.15. The molecular formula is C32H48O4. The highest BCUT2D eigenvalue weighted by Crippen LogP contribution is 2.79. The third kappa shape index (κ3) is 2.68. The van der Waals surface area contributed by atoms with Crippen LogP contribution in [0.4, 0.5) is 0 Å². The largest absolute Gasteiger partial charge is 0.462 e. The lowest BCUT2D eigenvalue weighted by Gasteiger charge is -2.72. The number of carbonyl (C=O) groups excluding carboxylic acids is 2. The second kappa shape index (κ2) is 7.00. The maximum Gasteiger partial charge on any atom is 0.313 e. The predicted molar refractivity (Wildman–Crippen MR) is 140 cm³/mol. The summed E-state index contributed by atoms with van der Waals surface area (Å²) in [6.07, 6.45) is 14.5. The zero-order valence-corrected chi connectivity index (χ0v) is 24.0. The van der Waals surface area contributed by atoms with E-state index in [1.165, 1.54) is 0 Å². The van der Waals surface area contributed by atoms with Crippen LogP contribution in [-0.2, 0) is 19.1 Å². The van der Waals surface area contributed by atoms with Crippen LogP contribution in [0.5, 0.6) is 0 Å². The molecule has 0 radical (unpaired) electrons. The van der Waals surface area contributed by atoms with Crippen LogP contribution in [0.1, 0.15) is 113 Å². The van der Waals surface area contributed by atoms with E-state index in [-0.39, 0.29) is 56.5 Å². The second-order valence-electron chi connectivity index (χ2n) is 15.9. The Balaban J connectivity index is 1.45. The first-order valence-electron chi connectivity index (χ1n) is 14.7. The Hall–Kier alpha value is -1.32. The fourth-order valence-electron chi connectivity index (χ4n) is 11.5. The molecule has 1 saturated heterocycles. The molecular weight excluding hydrogens is 448 g/mol. The summed E-state index contributed by atoms with van der Waals surface area (Å²) in [6, 6.07) is 0. The van der Waals surface area contributed by atoms with Crippen molar-refractivity contribution in [1.82, 2.24) is 0 Å². The molecule has 0 aromatic carbocycles. The van der Waals surface area contributed by atoms with Crippen LogP contribution in [-0.4, -0.2) is 23.6 Å². The highest BCUT2D eigenvalue weighted by Gasteiger charge is 2.80. The summed E-state index contributed by atoms with van der Waals surface area (Å²) in [4.78, 5) is 25.6. The molecule has 6 aliphatic rings. The van der Waals surface area contributed by atoms with Gasteiger partial charge in [0.05, 0.1) is 5.41 Å². The van der Waals surface area contributed by atoms with E-state index in [9.17, 15) is 9.59 Å². The van der Waals surface area contributed by atoms with Crippen molar-refractivity contribution in [3.05, 3.63) is 12.2 Å². The molecule has 5 fully saturated rings. The number of carbonyl (C=O) groups is 2. The van der Waals surface area contributed by atoms with Crippen molar-refractivity contribution < 1.29 is 19.1 Å². The molecule has 9 atom stereocenters. The Morgan fingerprint density at radius 1 is 0.917 bits per heavy atom. The van der Waals surface area contributed by atoms with Gasteiger partial charge >= 0.3 is 11.9 Å². The molecule has 1 heterocycles. The zero-order chi connectivity index (χ0) is 26.2. The van der Waals surface area contributed by atoms with Crippen LogP contribution in [0.3, 0.4) is 0 Å². The fraction of sp³-hybridized carbons (Fsp3) is 0.875. The molecule has 200 valence electrons. The van der Waals surface area contributed by atoms with E-state index in [2.05, 4.69) is 60.6 Å². The van der Waals surface area contributed by atoms with Gasteiger partial charge < -0.3 is 9.47 Å². The molecule has 4 heteroatoms. The average Bonchev–Trinajstić information content (AvgIpc) is 2.94. The van der Waals surface area contributed by atoms with Crippen molar-refractivity contribution in [3.8, 4) is 0 Å². The quantitative estimate of drug-likeness (QED) is 0.283. The monoisotopic (exact) mass is 496 g/mol. The Morgan fingerprint density at radius 2 is 1.61 bits per heavy atom. The molecule has 1 spiro atoms. The maximum absolute atomic E-state index is 13.7. The van der Waals surface area contributed by atoms with Gasteiger partial charge in [0.15, 0.2) is 0 Å². The molecule has 5 aliphatic carbocycles. The number of esters is 2. The molecule has 4 saturated carbocycles. The summed E-state index contributed by atoms with van der Waals surface area (Å²) in [6.45, 7) is 18.5. The van der Waals surface area contributed by atoms with E-state index in [0.717, 1.165) is 57.8 Å². The topological polar surface area (TPSA) is 52.6 Å². The van der Waals surface area contributed by atoms with Gasteiger partial charge in [-0.2, -0.15) is 0 Å². The Kier molecular flexibility index (Phi) is 4.86. The Bertz CT molecular complexity index is 1040. The highest BCUT2D eigenvalue weighted by atomic mass is 16.6. The Morgan fingerprint density at radius 3 is 2.31 bits per heavy atom. The molecule has 4 nitrogen and oxygen atoms in total. The average molecular weight is 497 g/mol. The number of hydrogen-bond acceptors (Lipinski definition) is 4. The molecule has 0 unspecified atom stereocenters. The van der Waals surface area contributed by atoms with Gasteiger partial charge in [-0.15, -0.1) is 0 Å². The van der Waals surface area contributed by atoms with Crippen molar-refractivity contribution in [1.29, 1.82) is 0 Å². The number of rotatable bonds is 1. The summed E-state index contributed by atoms with van der Waals surface area (Å²) in [7, 11) is 0. The van der Waals surface area contributed by atoms with Crippen LogP contribution in [0.2, 0.25) is 0 Å². The molecule has 36 heavy (non-hydrogen) atoms. The standard InChI is InChI=1S/C32H48O4/c1-20(33)35-24-11-12-28(6)21(27(24,4)5)9-13-29(7)22(28)10-14-32-23-19-26(2,3)15-17-31(23,25(34)36-32)18-16-30(29,32)8/h10,14,21-24H,9,11-13,15-19H2,1-8H3/t21-,22+,23+,24+,28-,29+,30-,31-,32-/m0/s1. The summed E-state index contributed by atoms with van der Waals surface area (Å²) >= 11 is 0. The van der Waals surface area contributed by atoms with Crippen molar-refractivity contribution in [2.24, 2.45) is 50.2 Å². The van der Waals surface area contributed by atoms with Crippen LogP contribution in [0.25, 0.3) is 0 Å².